The maximum absolute atomic E-state index is 12.4. The van der Waals surface area contributed by atoms with E-state index in [1.807, 2.05) is 19.1 Å². The number of hydrogen-bond donors (Lipinski definition) is 3. The average molecular weight is 366 g/mol. The van der Waals surface area contributed by atoms with Crippen molar-refractivity contribution in [1.29, 1.82) is 0 Å². The molecule has 1 amide bonds. The van der Waals surface area contributed by atoms with Gasteiger partial charge in [0.2, 0.25) is 0 Å². The zero-order valence-electron chi connectivity index (χ0n) is 15.2. The van der Waals surface area contributed by atoms with Crippen LogP contribution in [-0.2, 0) is 9.53 Å². The molecule has 0 aliphatic carbocycles. The third-order valence-corrected chi connectivity index (χ3v) is 3.58. The number of guanidine groups is 1. The summed E-state index contributed by atoms with van der Waals surface area (Å²) in [6.07, 6.45) is 3.05. The van der Waals surface area contributed by atoms with Crippen LogP contribution in [0.15, 0.2) is 53.5 Å². The zero-order chi connectivity index (χ0) is 19.8. The van der Waals surface area contributed by atoms with E-state index in [-0.39, 0.29) is 11.9 Å². The van der Waals surface area contributed by atoms with Crippen molar-refractivity contribution < 1.29 is 14.3 Å². The number of nitrogens with zero attached hydrogens (tertiary/aromatic N) is 1. The first kappa shape index (κ1) is 19.7. The topological polar surface area (TPSA) is 120 Å². The lowest BCUT2D eigenvalue weighted by Gasteiger charge is -2.08. The Bertz CT molecular complexity index is 900. The number of benzene rings is 2. The summed E-state index contributed by atoms with van der Waals surface area (Å²) < 4.78 is 4.85. The van der Waals surface area contributed by atoms with Gasteiger partial charge in [-0.15, -0.1) is 0 Å². The minimum atomic E-state index is -0.394. The second-order valence-electron chi connectivity index (χ2n) is 5.70. The SMILES string of the molecule is CCOC(=O)/C=C/c1ccc(NC(=O)c2cccc(N=C(N)N)c2)cc1C. The molecule has 27 heavy (non-hydrogen) atoms. The fourth-order valence-corrected chi connectivity index (χ4v) is 2.36. The predicted molar refractivity (Wildman–Crippen MR) is 107 cm³/mol. The van der Waals surface area contributed by atoms with Crippen LogP contribution in [0.3, 0.4) is 0 Å². The van der Waals surface area contributed by atoms with E-state index in [2.05, 4.69) is 10.3 Å². The van der Waals surface area contributed by atoms with Crippen molar-refractivity contribution in [3.05, 3.63) is 65.2 Å². The van der Waals surface area contributed by atoms with Gasteiger partial charge >= 0.3 is 5.97 Å². The second kappa shape index (κ2) is 9.19. The van der Waals surface area contributed by atoms with Gasteiger partial charge in [0, 0.05) is 17.3 Å². The third kappa shape index (κ3) is 6.00. The summed E-state index contributed by atoms with van der Waals surface area (Å²) >= 11 is 0. The molecule has 0 spiro atoms. The molecule has 2 aromatic rings. The van der Waals surface area contributed by atoms with Gasteiger partial charge in [0.15, 0.2) is 5.96 Å². The van der Waals surface area contributed by atoms with Crippen LogP contribution in [0.5, 0.6) is 0 Å². The highest BCUT2D eigenvalue weighted by Gasteiger charge is 2.08. The van der Waals surface area contributed by atoms with E-state index in [0.29, 0.717) is 23.5 Å². The summed E-state index contributed by atoms with van der Waals surface area (Å²) in [5, 5.41) is 2.83. The molecule has 0 aliphatic rings. The van der Waals surface area contributed by atoms with Crippen LogP contribution in [0.25, 0.3) is 6.08 Å². The second-order valence-corrected chi connectivity index (χ2v) is 5.70. The van der Waals surface area contributed by atoms with Gasteiger partial charge in [-0.3, -0.25) is 4.79 Å². The van der Waals surface area contributed by atoms with Crippen molar-refractivity contribution in [2.75, 3.05) is 11.9 Å². The summed E-state index contributed by atoms with van der Waals surface area (Å²) in [6.45, 7) is 3.97. The maximum Gasteiger partial charge on any atom is 0.330 e. The number of hydrogen-bond acceptors (Lipinski definition) is 4. The van der Waals surface area contributed by atoms with Crippen molar-refractivity contribution in [3.8, 4) is 0 Å². The number of carbonyl (C=O) groups is 2. The molecule has 5 N–H and O–H groups in total. The molecule has 0 atom stereocenters. The number of anilines is 1. The Kier molecular flexibility index (Phi) is 6.71. The molecule has 7 heteroatoms. The quantitative estimate of drug-likeness (QED) is 0.314. The van der Waals surface area contributed by atoms with Crippen molar-refractivity contribution in [1.82, 2.24) is 0 Å². The van der Waals surface area contributed by atoms with E-state index in [9.17, 15) is 9.59 Å². The lowest BCUT2D eigenvalue weighted by Crippen LogP contribution is -2.21. The normalized spacial score (nSPS) is 10.4. The number of amides is 1. The first-order chi connectivity index (χ1) is 12.9. The summed E-state index contributed by atoms with van der Waals surface area (Å²) in [6, 6.07) is 12.1. The largest absolute Gasteiger partial charge is 0.463 e. The molecular formula is C20H22N4O3. The Balaban J connectivity index is 2.12. The Morgan fingerprint density at radius 2 is 1.96 bits per heavy atom. The van der Waals surface area contributed by atoms with Crippen molar-refractivity contribution in [2.24, 2.45) is 16.5 Å². The van der Waals surface area contributed by atoms with Gasteiger partial charge < -0.3 is 21.5 Å². The van der Waals surface area contributed by atoms with E-state index in [0.717, 1.165) is 11.1 Å². The van der Waals surface area contributed by atoms with Crippen molar-refractivity contribution in [3.63, 3.8) is 0 Å². The molecular weight excluding hydrogens is 344 g/mol. The molecule has 0 radical (unpaired) electrons. The lowest BCUT2D eigenvalue weighted by molar-refractivity contribution is -0.137. The van der Waals surface area contributed by atoms with Crippen LogP contribution in [0.4, 0.5) is 11.4 Å². The minimum absolute atomic E-state index is 0.0744. The number of rotatable bonds is 6. The van der Waals surface area contributed by atoms with Gasteiger partial charge in [-0.25, -0.2) is 9.79 Å². The fraction of sp³-hybridized carbons (Fsp3) is 0.150. The van der Waals surface area contributed by atoms with Gasteiger partial charge in [-0.2, -0.15) is 0 Å². The van der Waals surface area contributed by atoms with E-state index in [4.69, 9.17) is 16.2 Å². The Labute approximate surface area is 157 Å². The van der Waals surface area contributed by atoms with Gasteiger partial charge in [0.05, 0.1) is 12.3 Å². The summed E-state index contributed by atoms with van der Waals surface area (Å²) in [7, 11) is 0. The highest BCUT2D eigenvalue weighted by atomic mass is 16.5. The predicted octanol–water partition coefficient (Wildman–Crippen LogP) is 2.73. The van der Waals surface area contributed by atoms with Crippen molar-refractivity contribution >= 4 is 35.3 Å². The Morgan fingerprint density at radius 3 is 2.63 bits per heavy atom. The highest BCUT2D eigenvalue weighted by Crippen LogP contribution is 2.19. The van der Waals surface area contributed by atoms with Crippen LogP contribution in [0.2, 0.25) is 0 Å². The summed E-state index contributed by atoms with van der Waals surface area (Å²) in [5.74, 6) is -0.749. The molecule has 0 saturated heterocycles. The zero-order valence-corrected chi connectivity index (χ0v) is 15.2. The molecule has 7 nitrogen and oxygen atoms in total. The van der Waals surface area contributed by atoms with Crippen LogP contribution in [-0.4, -0.2) is 24.4 Å². The van der Waals surface area contributed by atoms with Crippen LogP contribution >= 0.6 is 0 Å². The highest BCUT2D eigenvalue weighted by molar-refractivity contribution is 6.05. The van der Waals surface area contributed by atoms with Gasteiger partial charge in [-0.1, -0.05) is 12.1 Å². The monoisotopic (exact) mass is 366 g/mol. The van der Waals surface area contributed by atoms with E-state index in [1.54, 1.807) is 43.3 Å². The van der Waals surface area contributed by atoms with Gasteiger partial charge in [-0.05, 0) is 61.4 Å². The molecule has 0 unspecified atom stereocenters. The van der Waals surface area contributed by atoms with E-state index in [1.165, 1.54) is 6.08 Å². The number of carbonyl (C=O) groups excluding carboxylic acids is 2. The van der Waals surface area contributed by atoms with E-state index < -0.39 is 5.97 Å². The maximum atomic E-state index is 12.4. The Hall–Kier alpha value is -3.61. The summed E-state index contributed by atoms with van der Waals surface area (Å²) in [5.41, 5.74) is 14.0. The minimum Gasteiger partial charge on any atom is -0.463 e. The van der Waals surface area contributed by atoms with Crippen LogP contribution < -0.4 is 16.8 Å². The molecule has 140 valence electrons. The molecule has 0 heterocycles. The Morgan fingerprint density at radius 1 is 1.19 bits per heavy atom. The molecule has 2 aromatic carbocycles. The smallest absolute Gasteiger partial charge is 0.330 e. The molecule has 0 bridgehead atoms. The van der Waals surface area contributed by atoms with Crippen LogP contribution in [0, 0.1) is 6.92 Å². The molecule has 0 aromatic heterocycles. The molecule has 0 fully saturated rings. The first-order valence-corrected chi connectivity index (χ1v) is 8.35. The number of aliphatic imine (C=N–C) groups is 1. The first-order valence-electron chi connectivity index (χ1n) is 8.35. The molecule has 2 rings (SSSR count). The number of esters is 1. The number of nitrogens with two attached hydrogens (primary N) is 2. The number of nitrogens with one attached hydrogen (secondary N) is 1. The average Bonchev–Trinajstić information content (AvgIpc) is 2.61. The standard InChI is InChI=1S/C20H22N4O3/c1-3-27-18(25)10-8-14-7-9-17(11-13(14)2)23-19(26)15-5-4-6-16(12-15)24-20(21)22/h4-12H,3H2,1-2H3,(H,23,26)(H4,21,22,24)/b10-8+. The van der Waals surface area contributed by atoms with Crippen molar-refractivity contribution in [2.45, 2.75) is 13.8 Å². The van der Waals surface area contributed by atoms with Gasteiger partial charge in [0.1, 0.15) is 0 Å². The molecule has 0 aliphatic heterocycles. The van der Waals surface area contributed by atoms with E-state index >= 15 is 0 Å². The summed E-state index contributed by atoms with van der Waals surface area (Å²) in [4.78, 5) is 27.8. The number of ether oxygens (including phenoxy) is 1. The lowest BCUT2D eigenvalue weighted by atomic mass is 10.1. The number of aryl methyl sites for hydroxylation is 1. The third-order valence-electron chi connectivity index (χ3n) is 3.58. The van der Waals surface area contributed by atoms with Gasteiger partial charge in [0.25, 0.3) is 5.91 Å². The molecule has 0 saturated carbocycles. The fourth-order valence-electron chi connectivity index (χ4n) is 2.36. The van der Waals surface area contributed by atoms with Crippen LogP contribution in [0.1, 0.15) is 28.4 Å².